The summed E-state index contributed by atoms with van der Waals surface area (Å²) < 4.78 is 5.95. The molecule has 0 fully saturated rings. The van der Waals surface area contributed by atoms with Gasteiger partial charge in [0, 0.05) is 25.0 Å². The molecule has 4 nitrogen and oxygen atoms in total. The molecule has 0 radical (unpaired) electrons. The maximum absolute atomic E-state index is 5.95. The van der Waals surface area contributed by atoms with E-state index in [0.717, 1.165) is 31.2 Å². The van der Waals surface area contributed by atoms with Crippen LogP contribution in [0.2, 0.25) is 0 Å². The summed E-state index contributed by atoms with van der Waals surface area (Å²) in [6.45, 7) is 8.84. The standard InChI is InChI=1S/C17H25N3O/c1-13(2)19-10-17-14(3)8-16(21-17)12-20(4)11-15-6-5-7-18-9-15/h5-9,13,19H,10-12H2,1-4H3. The average molecular weight is 287 g/mol. The molecule has 0 aliphatic carbocycles. The van der Waals surface area contributed by atoms with E-state index in [0.29, 0.717) is 6.04 Å². The molecular formula is C17H25N3O. The fourth-order valence-electron chi connectivity index (χ4n) is 2.27. The maximum Gasteiger partial charge on any atom is 0.120 e. The summed E-state index contributed by atoms with van der Waals surface area (Å²) in [5, 5.41) is 3.39. The van der Waals surface area contributed by atoms with Gasteiger partial charge in [0.25, 0.3) is 0 Å². The van der Waals surface area contributed by atoms with Gasteiger partial charge in [-0.05, 0) is 37.2 Å². The molecule has 1 N–H and O–H groups in total. The number of aryl methyl sites for hydroxylation is 1. The van der Waals surface area contributed by atoms with Gasteiger partial charge >= 0.3 is 0 Å². The molecule has 2 aromatic rings. The molecule has 0 aliphatic heterocycles. The normalized spacial score (nSPS) is 11.5. The number of nitrogens with zero attached hydrogens (tertiary/aromatic N) is 2. The van der Waals surface area contributed by atoms with Gasteiger partial charge in [-0.3, -0.25) is 9.88 Å². The van der Waals surface area contributed by atoms with Crippen molar-refractivity contribution in [2.45, 2.75) is 46.4 Å². The summed E-state index contributed by atoms with van der Waals surface area (Å²) in [6, 6.07) is 6.66. The molecule has 0 bridgehead atoms. The lowest BCUT2D eigenvalue weighted by atomic mass is 10.2. The van der Waals surface area contributed by atoms with E-state index in [-0.39, 0.29) is 0 Å². The Labute approximate surface area is 127 Å². The van der Waals surface area contributed by atoms with Crippen molar-refractivity contribution in [2.24, 2.45) is 0 Å². The molecule has 4 heteroatoms. The minimum atomic E-state index is 0.464. The van der Waals surface area contributed by atoms with Crippen LogP contribution in [0.25, 0.3) is 0 Å². The molecule has 2 rings (SSSR count). The number of pyridine rings is 1. The first kappa shape index (κ1) is 15.7. The van der Waals surface area contributed by atoms with Crippen LogP contribution in [0.1, 0.15) is 36.5 Å². The summed E-state index contributed by atoms with van der Waals surface area (Å²) in [5.41, 5.74) is 2.43. The van der Waals surface area contributed by atoms with Crippen LogP contribution >= 0.6 is 0 Å². The Morgan fingerprint density at radius 1 is 1.33 bits per heavy atom. The van der Waals surface area contributed by atoms with E-state index in [1.54, 1.807) is 6.20 Å². The minimum Gasteiger partial charge on any atom is -0.463 e. The zero-order chi connectivity index (χ0) is 15.2. The zero-order valence-electron chi connectivity index (χ0n) is 13.4. The first-order chi connectivity index (χ1) is 10.0. The highest BCUT2D eigenvalue weighted by Gasteiger charge is 2.10. The summed E-state index contributed by atoms with van der Waals surface area (Å²) >= 11 is 0. The van der Waals surface area contributed by atoms with Gasteiger partial charge in [-0.25, -0.2) is 0 Å². The Balaban J connectivity index is 1.92. The van der Waals surface area contributed by atoms with Crippen molar-refractivity contribution in [3.8, 4) is 0 Å². The van der Waals surface area contributed by atoms with Crippen molar-refractivity contribution < 1.29 is 4.42 Å². The molecule has 0 atom stereocenters. The van der Waals surface area contributed by atoms with Crippen LogP contribution in [-0.4, -0.2) is 23.0 Å². The van der Waals surface area contributed by atoms with Crippen LogP contribution in [0.4, 0.5) is 0 Å². The van der Waals surface area contributed by atoms with Gasteiger partial charge in [-0.1, -0.05) is 19.9 Å². The van der Waals surface area contributed by atoms with Gasteiger partial charge in [-0.2, -0.15) is 0 Å². The van der Waals surface area contributed by atoms with Gasteiger partial charge in [0.15, 0.2) is 0 Å². The molecular weight excluding hydrogens is 262 g/mol. The third-order valence-corrected chi connectivity index (χ3v) is 3.34. The smallest absolute Gasteiger partial charge is 0.120 e. The van der Waals surface area contributed by atoms with Crippen molar-refractivity contribution in [2.75, 3.05) is 7.05 Å². The average Bonchev–Trinajstić information content (AvgIpc) is 2.77. The highest BCUT2D eigenvalue weighted by molar-refractivity contribution is 5.20. The van der Waals surface area contributed by atoms with Crippen molar-refractivity contribution in [1.82, 2.24) is 15.2 Å². The second-order valence-corrected chi connectivity index (χ2v) is 5.89. The van der Waals surface area contributed by atoms with E-state index >= 15 is 0 Å². The molecule has 2 aromatic heterocycles. The number of nitrogens with one attached hydrogen (secondary N) is 1. The van der Waals surface area contributed by atoms with Gasteiger partial charge in [0.2, 0.25) is 0 Å². The molecule has 0 aliphatic rings. The predicted molar refractivity (Wildman–Crippen MR) is 84.8 cm³/mol. The van der Waals surface area contributed by atoms with Crippen LogP contribution in [0.15, 0.2) is 35.0 Å². The third-order valence-electron chi connectivity index (χ3n) is 3.34. The minimum absolute atomic E-state index is 0.464. The molecule has 0 unspecified atom stereocenters. The SMILES string of the molecule is Cc1cc(CN(C)Cc2cccnc2)oc1CNC(C)C. The Bertz CT molecular complexity index is 548. The number of rotatable bonds is 7. The monoisotopic (exact) mass is 287 g/mol. The van der Waals surface area contributed by atoms with E-state index in [1.807, 2.05) is 12.3 Å². The van der Waals surface area contributed by atoms with Gasteiger partial charge in [0.05, 0.1) is 13.1 Å². The van der Waals surface area contributed by atoms with E-state index < -0.39 is 0 Å². The Morgan fingerprint density at radius 3 is 2.81 bits per heavy atom. The van der Waals surface area contributed by atoms with E-state index in [1.165, 1.54) is 11.1 Å². The number of furan rings is 1. The third kappa shape index (κ3) is 4.99. The van der Waals surface area contributed by atoms with E-state index in [4.69, 9.17) is 4.42 Å². The summed E-state index contributed by atoms with van der Waals surface area (Å²) in [6.07, 6.45) is 3.70. The molecule has 0 saturated carbocycles. The topological polar surface area (TPSA) is 41.3 Å². The first-order valence-electron chi connectivity index (χ1n) is 7.43. The largest absolute Gasteiger partial charge is 0.463 e. The van der Waals surface area contributed by atoms with Crippen molar-refractivity contribution in [3.05, 3.63) is 53.2 Å². The van der Waals surface area contributed by atoms with Crippen LogP contribution < -0.4 is 5.32 Å². The lowest BCUT2D eigenvalue weighted by molar-refractivity contribution is 0.281. The van der Waals surface area contributed by atoms with Crippen LogP contribution in [0.3, 0.4) is 0 Å². The predicted octanol–water partition coefficient (Wildman–Crippen LogP) is 3.11. The van der Waals surface area contributed by atoms with Crippen molar-refractivity contribution >= 4 is 0 Å². The quantitative estimate of drug-likeness (QED) is 0.849. The fourth-order valence-corrected chi connectivity index (χ4v) is 2.27. The zero-order valence-corrected chi connectivity index (χ0v) is 13.4. The Hall–Kier alpha value is -1.65. The molecule has 0 spiro atoms. The second kappa shape index (κ2) is 7.38. The summed E-state index contributed by atoms with van der Waals surface area (Å²) in [4.78, 5) is 6.38. The molecule has 0 aromatic carbocycles. The van der Waals surface area contributed by atoms with Gasteiger partial charge in [0.1, 0.15) is 11.5 Å². The Kier molecular flexibility index (Phi) is 5.53. The van der Waals surface area contributed by atoms with Gasteiger partial charge < -0.3 is 9.73 Å². The molecule has 21 heavy (non-hydrogen) atoms. The molecule has 0 amide bonds. The fraction of sp³-hybridized carbons (Fsp3) is 0.471. The van der Waals surface area contributed by atoms with E-state index in [9.17, 15) is 0 Å². The number of hydrogen-bond donors (Lipinski definition) is 1. The number of aromatic nitrogens is 1. The molecule has 114 valence electrons. The summed E-state index contributed by atoms with van der Waals surface area (Å²) in [5.74, 6) is 2.05. The Morgan fingerprint density at radius 2 is 2.14 bits per heavy atom. The second-order valence-electron chi connectivity index (χ2n) is 5.89. The first-order valence-corrected chi connectivity index (χ1v) is 7.43. The van der Waals surface area contributed by atoms with Crippen molar-refractivity contribution in [3.63, 3.8) is 0 Å². The maximum atomic E-state index is 5.95. The lowest BCUT2D eigenvalue weighted by Crippen LogP contribution is -2.21. The highest BCUT2D eigenvalue weighted by Crippen LogP contribution is 2.17. The van der Waals surface area contributed by atoms with Crippen LogP contribution in [-0.2, 0) is 19.6 Å². The molecule has 0 saturated heterocycles. The lowest BCUT2D eigenvalue weighted by Gasteiger charge is -2.14. The van der Waals surface area contributed by atoms with Gasteiger partial charge in [-0.15, -0.1) is 0 Å². The van der Waals surface area contributed by atoms with Crippen molar-refractivity contribution in [1.29, 1.82) is 0 Å². The van der Waals surface area contributed by atoms with Crippen LogP contribution in [0.5, 0.6) is 0 Å². The van der Waals surface area contributed by atoms with E-state index in [2.05, 4.69) is 55.2 Å². The number of hydrogen-bond acceptors (Lipinski definition) is 4. The van der Waals surface area contributed by atoms with Crippen LogP contribution in [0, 0.1) is 6.92 Å². The summed E-state index contributed by atoms with van der Waals surface area (Å²) in [7, 11) is 2.09. The highest BCUT2D eigenvalue weighted by atomic mass is 16.3. The molecule has 2 heterocycles.